The molecule has 168 valence electrons. The Labute approximate surface area is 188 Å². The summed E-state index contributed by atoms with van der Waals surface area (Å²) in [5, 5.41) is 4.04. The third kappa shape index (κ3) is 5.42. The molecule has 1 saturated carbocycles. The van der Waals surface area contributed by atoms with Crippen molar-refractivity contribution >= 4 is 17.7 Å². The second-order valence-corrected chi connectivity index (χ2v) is 9.17. The smallest absolute Gasteiger partial charge is 0.230 e. The highest BCUT2D eigenvalue weighted by atomic mass is 32.2. The zero-order valence-corrected chi connectivity index (χ0v) is 19.0. The maximum Gasteiger partial charge on any atom is 0.230 e. The third-order valence-electron chi connectivity index (χ3n) is 6.37. The van der Waals surface area contributed by atoms with Crippen LogP contribution in [-0.4, -0.2) is 71.6 Å². The van der Waals surface area contributed by atoms with Gasteiger partial charge in [-0.1, -0.05) is 31.0 Å². The van der Waals surface area contributed by atoms with Gasteiger partial charge in [-0.2, -0.15) is 0 Å². The van der Waals surface area contributed by atoms with Crippen LogP contribution in [-0.2, 0) is 9.53 Å². The summed E-state index contributed by atoms with van der Waals surface area (Å²) in [4.78, 5) is 19.7. The number of methoxy groups -OCH3 is 1. The summed E-state index contributed by atoms with van der Waals surface area (Å²) in [6, 6.07) is 7.82. The van der Waals surface area contributed by atoms with E-state index < -0.39 is 0 Å². The Morgan fingerprint density at radius 1 is 1.19 bits per heavy atom. The fourth-order valence-electron chi connectivity index (χ4n) is 4.63. The van der Waals surface area contributed by atoms with E-state index in [1.807, 2.05) is 35.0 Å². The summed E-state index contributed by atoms with van der Waals surface area (Å²) >= 11 is 1.46. The Morgan fingerprint density at radius 3 is 2.65 bits per heavy atom. The highest BCUT2D eigenvalue weighted by Gasteiger charge is 2.38. The molecule has 1 amide bonds. The van der Waals surface area contributed by atoms with E-state index >= 15 is 0 Å². The SMILES string of the molecule is COc1ccc(-n2ccnc2SCC(=O)NCC2(N3CCOCC3)CCCCC2)cc1. The summed E-state index contributed by atoms with van der Waals surface area (Å²) in [7, 11) is 1.66. The molecular formula is C23H32N4O3S. The van der Waals surface area contributed by atoms with Gasteiger partial charge in [-0.15, -0.1) is 0 Å². The quantitative estimate of drug-likeness (QED) is 0.631. The van der Waals surface area contributed by atoms with Crippen LogP contribution in [0.25, 0.3) is 5.69 Å². The zero-order valence-electron chi connectivity index (χ0n) is 18.2. The lowest BCUT2D eigenvalue weighted by Crippen LogP contribution is -2.59. The number of aromatic nitrogens is 2. The number of carbonyl (C=O) groups is 1. The number of thioether (sulfide) groups is 1. The second kappa shape index (κ2) is 10.5. The van der Waals surface area contributed by atoms with Crippen molar-refractivity contribution in [3.8, 4) is 11.4 Å². The van der Waals surface area contributed by atoms with Gasteiger partial charge in [-0.3, -0.25) is 14.3 Å². The molecule has 0 bridgehead atoms. The van der Waals surface area contributed by atoms with Gasteiger partial charge in [0.25, 0.3) is 0 Å². The van der Waals surface area contributed by atoms with Crippen LogP contribution in [0, 0.1) is 0 Å². The van der Waals surface area contributed by atoms with Crippen LogP contribution in [0.3, 0.4) is 0 Å². The predicted octanol–water partition coefficient (Wildman–Crippen LogP) is 3.12. The summed E-state index contributed by atoms with van der Waals surface area (Å²) < 4.78 is 12.8. The first-order valence-corrected chi connectivity index (χ1v) is 12.1. The van der Waals surface area contributed by atoms with Crippen LogP contribution in [0.1, 0.15) is 32.1 Å². The van der Waals surface area contributed by atoms with Crippen molar-refractivity contribution in [1.29, 1.82) is 0 Å². The number of amides is 1. The first-order chi connectivity index (χ1) is 15.2. The molecule has 4 rings (SSSR count). The molecule has 2 fully saturated rings. The minimum Gasteiger partial charge on any atom is -0.497 e. The van der Waals surface area contributed by atoms with Gasteiger partial charge >= 0.3 is 0 Å². The average molecular weight is 445 g/mol. The third-order valence-corrected chi connectivity index (χ3v) is 7.34. The number of hydrogen-bond acceptors (Lipinski definition) is 6. The molecule has 31 heavy (non-hydrogen) atoms. The van der Waals surface area contributed by atoms with Crippen molar-refractivity contribution in [2.24, 2.45) is 0 Å². The lowest BCUT2D eigenvalue weighted by molar-refractivity contribution is -0.119. The number of benzene rings is 1. The average Bonchev–Trinajstić information content (AvgIpc) is 3.31. The maximum atomic E-state index is 12.7. The molecule has 1 aromatic carbocycles. The van der Waals surface area contributed by atoms with E-state index in [1.54, 1.807) is 13.3 Å². The summed E-state index contributed by atoms with van der Waals surface area (Å²) in [6.07, 6.45) is 9.76. The Balaban J connectivity index is 1.33. The minimum atomic E-state index is 0.0625. The highest BCUT2D eigenvalue weighted by molar-refractivity contribution is 7.99. The molecule has 0 spiro atoms. The number of imidazole rings is 1. The van der Waals surface area contributed by atoms with Gasteiger partial charge in [-0.05, 0) is 37.1 Å². The van der Waals surface area contributed by atoms with Crippen molar-refractivity contribution < 1.29 is 14.3 Å². The Kier molecular flexibility index (Phi) is 7.53. The normalized spacial score (nSPS) is 19.1. The van der Waals surface area contributed by atoms with Crippen molar-refractivity contribution in [2.45, 2.75) is 42.8 Å². The van der Waals surface area contributed by atoms with Gasteiger partial charge < -0.3 is 14.8 Å². The molecule has 2 aliphatic rings. The van der Waals surface area contributed by atoms with E-state index in [0.717, 1.165) is 62.3 Å². The molecule has 1 aliphatic carbocycles. The van der Waals surface area contributed by atoms with Crippen LogP contribution in [0.2, 0.25) is 0 Å². The molecule has 1 saturated heterocycles. The topological polar surface area (TPSA) is 68.6 Å². The molecule has 1 aliphatic heterocycles. The van der Waals surface area contributed by atoms with Gasteiger partial charge in [0.2, 0.25) is 5.91 Å². The van der Waals surface area contributed by atoms with Crippen LogP contribution in [0.4, 0.5) is 0 Å². The first-order valence-electron chi connectivity index (χ1n) is 11.1. The van der Waals surface area contributed by atoms with Gasteiger partial charge in [0.15, 0.2) is 5.16 Å². The molecule has 1 N–H and O–H groups in total. The van der Waals surface area contributed by atoms with Crippen LogP contribution in [0.15, 0.2) is 41.8 Å². The van der Waals surface area contributed by atoms with Crippen LogP contribution in [0.5, 0.6) is 5.75 Å². The molecule has 0 atom stereocenters. The predicted molar refractivity (Wildman–Crippen MR) is 122 cm³/mol. The van der Waals surface area contributed by atoms with Crippen molar-refractivity contribution in [1.82, 2.24) is 19.8 Å². The number of rotatable bonds is 8. The van der Waals surface area contributed by atoms with Crippen molar-refractivity contribution in [3.05, 3.63) is 36.7 Å². The van der Waals surface area contributed by atoms with Gasteiger partial charge in [0.1, 0.15) is 5.75 Å². The maximum absolute atomic E-state index is 12.7. The van der Waals surface area contributed by atoms with E-state index in [0.29, 0.717) is 5.75 Å². The zero-order chi connectivity index (χ0) is 21.5. The molecule has 2 aromatic rings. The molecule has 7 nitrogen and oxygen atoms in total. The molecule has 0 unspecified atom stereocenters. The fourth-order valence-corrected chi connectivity index (χ4v) is 5.44. The summed E-state index contributed by atoms with van der Waals surface area (Å²) in [6.45, 7) is 4.23. The minimum absolute atomic E-state index is 0.0625. The van der Waals surface area contributed by atoms with Crippen LogP contribution < -0.4 is 10.1 Å². The lowest BCUT2D eigenvalue weighted by atomic mass is 9.79. The van der Waals surface area contributed by atoms with E-state index in [4.69, 9.17) is 9.47 Å². The molecule has 0 radical (unpaired) electrons. The number of nitrogens with zero attached hydrogens (tertiary/aromatic N) is 3. The Hall–Kier alpha value is -2.03. The van der Waals surface area contributed by atoms with Gasteiger partial charge in [-0.25, -0.2) is 4.98 Å². The number of carbonyl (C=O) groups excluding carboxylic acids is 1. The fraction of sp³-hybridized carbons (Fsp3) is 0.565. The number of hydrogen-bond donors (Lipinski definition) is 1. The first kappa shape index (κ1) is 22.2. The Bertz CT molecular complexity index is 843. The van der Waals surface area contributed by atoms with Crippen molar-refractivity contribution in [3.63, 3.8) is 0 Å². The molecule has 8 heteroatoms. The van der Waals surface area contributed by atoms with Gasteiger partial charge in [0, 0.05) is 43.3 Å². The van der Waals surface area contributed by atoms with E-state index in [2.05, 4.69) is 15.2 Å². The molecular weight excluding hydrogens is 412 g/mol. The summed E-state index contributed by atoms with van der Waals surface area (Å²) in [5.41, 5.74) is 1.08. The number of nitrogens with one attached hydrogen (secondary N) is 1. The van der Waals surface area contributed by atoms with Gasteiger partial charge in [0.05, 0.1) is 26.1 Å². The monoisotopic (exact) mass is 444 g/mol. The largest absolute Gasteiger partial charge is 0.497 e. The highest BCUT2D eigenvalue weighted by Crippen LogP contribution is 2.34. The number of morpholine rings is 1. The number of ether oxygens (including phenoxy) is 2. The second-order valence-electron chi connectivity index (χ2n) is 8.23. The Morgan fingerprint density at radius 2 is 1.94 bits per heavy atom. The van der Waals surface area contributed by atoms with E-state index in [9.17, 15) is 4.79 Å². The molecule has 2 heterocycles. The standard InChI is InChI=1S/C23H32N4O3S/c1-29-20-7-5-19(6-8-20)27-12-11-24-22(27)31-17-21(28)25-18-23(9-3-2-4-10-23)26-13-15-30-16-14-26/h5-8,11-12H,2-4,9-10,13-18H2,1H3,(H,25,28). The summed E-state index contributed by atoms with van der Waals surface area (Å²) in [5.74, 6) is 1.23. The lowest BCUT2D eigenvalue weighted by Gasteiger charge is -2.48. The van der Waals surface area contributed by atoms with E-state index in [-0.39, 0.29) is 11.4 Å². The van der Waals surface area contributed by atoms with Crippen LogP contribution >= 0.6 is 11.8 Å². The molecule has 1 aromatic heterocycles. The van der Waals surface area contributed by atoms with Crippen molar-refractivity contribution in [2.75, 3.05) is 45.7 Å². The van der Waals surface area contributed by atoms with E-state index in [1.165, 1.54) is 31.0 Å².